The molecule has 1 fully saturated rings. The van der Waals surface area contributed by atoms with E-state index in [0.29, 0.717) is 0 Å². The first-order chi connectivity index (χ1) is 8.78. The van der Waals surface area contributed by atoms with E-state index < -0.39 is 17.7 Å². The van der Waals surface area contributed by atoms with Crippen molar-refractivity contribution in [2.75, 3.05) is 0 Å². The lowest BCUT2D eigenvalue weighted by atomic mass is 10.1. The number of carbonyl (C=O) groups excluding carboxylic acids is 2. The van der Waals surface area contributed by atoms with Gasteiger partial charge < -0.3 is 19.7 Å². The summed E-state index contributed by atoms with van der Waals surface area (Å²) < 4.78 is 9.82. The van der Waals surface area contributed by atoms with Gasteiger partial charge in [0, 0.05) is 25.5 Å². The molecule has 19 heavy (non-hydrogen) atoms. The van der Waals surface area contributed by atoms with Gasteiger partial charge in [-0.25, -0.2) is 9.59 Å². The molecule has 6 nitrogen and oxygen atoms in total. The predicted molar refractivity (Wildman–Crippen MR) is 64.0 cm³/mol. The van der Waals surface area contributed by atoms with Crippen molar-refractivity contribution < 1.29 is 29.3 Å². The van der Waals surface area contributed by atoms with E-state index >= 15 is 0 Å². The zero-order valence-corrected chi connectivity index (χ0v) is 10.3. The van der Waals surface area contributed by atoms with Crippen LogP contribution in [0.25, 0.3) is 6.08 Å². The van der Waals surface area contributed by atoms with E-state index in [1.165, 1.54) is 26.0 Å². The zero-order valence-electron chi connectivity index (χ0n) is 10.3. The maximum absolute atomic E-state index is 11.7. The summed E-state index contributed by atoms with van der Waals surface area (Å²) in [6.07, 6.45) is 1.15. The van der Waals surface area contributed by atoms with Gasteiger partial charge in [-0.3, -0.25) is 0 Å². The fraction of sp³-hybridized carbons (Fsp3) is 0.231. The Morgan fingerprint density at radius 3 is 2.21 bits per heavy atom. The molecule has 100 valence electrons. The van der Waals surface area contributed by atoms with E-state index in [-0.39, 0.29) is 22.6 Å². The van der Waals surface area contributed by atoms with Crippen molar-refractivity contribution in [3.05, 3.63) is 29.3 Å². The Bertz CT molecular complexity index is 563. The average molecular weight is 264 g/mol. The number of esters is 2. The second kappa shape index (κ2) is 4.31. The number of hydrogen-bond acceptors (Lipinski definition) is 6. The molecule has 0 aromatic heterocycles. The molecule has 6 heteroatoms. The average Bonchev–Trinajstić information content (AvgIpc) is 2.24. The third-order valence-corrected chi connectivity index (χ3v) is 2.43. The van der Waals surface area contributed by atoms with Crippen molar-refractivity contribution in [2.45, 2.75) is 19.6 Å². The number of phenolic OH excluding ortho intramolecular Hbond substituents is 2. The monoisotopic (exact) mass is 264 g/mol. The quantitative estimate of drug-likeness (QED) is 0.451. The Labute approximate surface area is 108 Å². The van der Waals surface area contributed by atoms with E-state index in [1.807, 2.05) is 0 Å². The molecule has 0 spiro atoms. The largest absolute Gasteiger partial charge is 0.508 e. The molecule has 1 saturated heterocycles. The summed E-state index contributed by atoms with van der Waals surface area (Å²) in [7, 11) is 0. The summed E-state index contributed by atoms with van der Waals surface area (Å²) in [5.41, 5.74) is -0.123. The van der Waals surface area contributed by atoms with Gasteiger partial charge in [-0.1, -0.05) is 0 Å². The Hall–Kier alpha value is -2.50. The lowest BCUT2D eigenvalue weighted by molar-refractivity contribution is -0.222. The molecule has 2 rings (SSSR count). The van der Waals surface area contributed by atoms with Crippen molar-refractivity contribution in [2.24, 2.45) is 0 Å². The minimum Gasteiger partial charge on any atom is -0.508 e. The van der Waals surface area contributed by atoms with Crippen LogP contribution in [0.15, 0.2) is 23.8 Å². The normalized spacial score (nSPS) is 17.7. The predicted octanol–water partition coefficient (Wildman–Crippen LogP) is 1.32. The highest BCUT2D eigenvalue weighted by Crippen LogP contribution is 2.28. The first-order valence-corrected chi connectivity index (χ1v) is 5.49. The van der Waals surface area contributed by atoms with Crippen molar-refractivity contribution in [1.29, 1.82) is 0 Å². The Kier molecular flexibility index (Phi) is 2.94. The molecule has 1 aromatic carbocycles. The minimum atomic E-state index is -1.30. The van der Waals surface area contributed by atoms with Gasteiger partial charge in [-0.2, -0.15) is 0 Å². The topological polar surface area (TPSA) is 93.1 Å². The molecule has 0 amide bonds. The molecule has 0 radical (unpaired) electrons. The Balaban J connectivity index is 2.38. The highest BCUT2D eigenvalue weighted by molar-refractivity contribution is 6.19. The van der Waals surface area contributed by atoms with Crippen molar-refractivity contribution in [1.82, 2.24) is 0 Å². The van der Waals surface area contributed by atoms with Crippen molar-refractivity contribution in [3.63, 3.8) is 0 Å². The SMILES string of the molecule is CC1(C)OC(=O)C(=Cc2ccc(O)cc2O)C(=O)O1. The molecule has 1 heterocycles. The van der Waals surface area contributed by atoms with Gasteiger partial charge in [-0.15, -0.1) is 0 Å². The third-order valence-electron chi connectivity index (χ3n) is 2.43. The smallest absolute Gasteiger partial charge is 0.348 e. The number of rotatable bonds is 1. The van der Waals surface area contributed by atoms with Crippen molar-refractivity contribution >= 4 is 18.0 Å². The third kappa shape index (κ3) is 2.67. The molecule has 0 bridgehead atoms. The number of cyclic esters (lactones) is 2. The van der Waals surface area contributed by atoms with Crippen LogP contribution in [0, 0.1) is 0 Å². The second-order valence-corrected chi connectivity index (χ2v) is 4.48. The summed E-state index contributed by atoms with van der Waals surface area (Å²) >= 11 is 0. The molecule has 1 aromatic rings. The van der Waals surface area contributed by atoms with Crippen LogP contribution >= 0.6 is 0 Å². The number of aromatic hydroxyl groups is 2. The summed E-state index contributed by atoms with van der Waals surface area (Å²) in [6, 6.07) is 3.77. The highest BCUT2D eigenvalue weighted by Gasteiger charge is 2.38. The number of hydrogen-bond donors (Lipinski definition) is 2. The standard InChI is InChI=1S/C13H12O6/c1-13(2)18-11(16)9(12(17)19-13)5-7-3-4-8(14)6-10(7)15/h3-6,14-15H,1-2H3. The zero-order chi connectivity index (χ0) is 14.2. The lowest BCUT2D eigenvalue weighted by Crippen LogP contribution is -2.41. The van der Waals surface area contributed by atoms with Crippen LogP contribution in [0.4, 0.5) is 0 Å². The van der Waals surface area contributed by atoms with E-state index in [0.717, 1.165) is 12.1 Å². The number of phenols is 2. The van der Waals surface area contributed by atoms with E-state index in [2.05, 4.69) is 0 Å². The molecule has 0 unspecified atom stereocenters. The molecule has 2 N–H and O–H groups in total. The van der Waals surface area contributed by atoms with Gasteiger partial charge in [0.15, 0.2) is 0 Å². The minimum absolute atomic E-state index is 0.130. The molecular formula is C13H12O6. The number of ether oxygens (including phenoxy) is 2. The van der Waals surface area contributed by atoms with E-state index in [4.69, 9.17) is 14.6 Å². The number of benzene rings is 1. The molecule has 1 aliphatic rings. The van der Waals surface area contributed by atoms with Gasteiger partial charge >= 0.3 is 11.9 Å². The van der Waals surface area contributed by atoms with Crippen LogP contribution in [0.2, 0.25) is 0 Å². The molecule has 1 aliphatic heterocycles. The summed E-state index contributed by atoms with van der Waals surface area (Å²) in [5, 5.41) is 18.7. The van der Waals surface area contributed by atoms with Crippen LogP contribution in [-0.4, -0.2) is 27.9 Å². The summed E-state index contributed by atoms with van der Waals surface area (Å²) in [5.74, 6) is -3.35. The van der Waals surface area contributed by atoms with Gasteiger partial charge in [0.05, 0.1) is 0 Å². The van der Waals surface area contributed by atoms with Crippen LogP contribution in [-0.2, 0) is 19.1 Å². The van der Waals surface area contributed by atoms with Crippen LogP contribution < -0.4 is 0 Å². The maximum Gasteiger partial charge on any atom is 0.348 e. The fourth-order valence-corrected chi connectivity index (χ4v) is 1.59. The molecular weight excluding hydrogens is 252 g/mol. The summed E-state index contributed by atoms with van der Waals surface area (Å²) in [4.78, 5) is 23.4. The number of carbonyl (C=O) groups is 2. The van der Waals surface area contributed by atoms with Crippen molar-refractivity contribution in [3.8, 4) is 11.5 Å². The van der Waals surface area contributed by atoms with Crippen LogP contribution in [0.1, 0.15) is 19.4 Å². The molecule has 0 saturated carbocycles. The highest BCUT2D eigenvalue weighted by atomic mass is 16.7. The van der Waals surface area contributed by atoms with Gasteiger partial charge in [0.25, 0.3) is 5.79 Å². The molecule has 0 atom stereocenters. The van der Waals surface area contributed by atoms with E-state index in [9.17, 15) is 14.7 Å². The Morgan fingerprint density at radius 1 is 1.11 bits per heavy atom. The lowest BCUT2D eigenvalue weighted by Gasteiger charge is -2.29. The molecule has 0 aliphatic carbocycles. The maximum atomic E-state index is 11.7. The van der Waals surface area contributed by atoms with Gasteiger partial charge in [0.2, 0.25) is 0 Å². The Morgan fingerprint density at radius 2 is 1.68 bits per heavy atom. The summed E-state index contributed by atoms with van der Waals surface area (Å²) in [6.45, 7) is 2.88. The first kappa shape index (κ1) is 12.9. The second-order valence-electron chi connectivity index (χ2n) is 4.48. The van der Waals surface area contributed by atoms with Crippen LogP contribution in [0.5, 0.6) is 11.5 Å². The van der Waals surface area contributed by atoms with Gasteiger partial charge in [0.1, 0.15) is 17.1 Å². The van der Waals surface area contributed by atoms with Gasteiger partial charge in [-0.05, 0) is 18.2 Å². The van der Waals surface area contributed by atoms with E-state index in [1.54, 1.807) is 0 Å². The first-order valence-electron chi connectivity index (χ1n) is 5.49. The van der Waals surface area contributed by atoms with Crippen LogP contribution in [0.3, 0.4) is 0 Å². The fourth-order valence-electron chi connectivity index (χ4n) is 1.59.